The van der Waals surface area contributed by atoms with E-state index in [9.17, 15) is 0 Å². The van der Waals surface area contributed by atoms with Gasteiger partial charge >= 0.3 is 0 Å². The van der Waals surface area contributed by atoms with Crippen molar-refractivity contribution < 1.29 is 0 Å². The second kappa shape index (κ2) is 10.5. The topological polar surface area (TPSA) is 0 Å². The number of rotatable bonds is 4. The molecule has 0 nitrogen and oxygen atoms in total. The summed E-state index contributed by atoms with van der Waals surface area (Å²) < 4.78 is 0. The molecule has 0 aromatic rings. The molecule has 0 aliphatic rings. The summed E-state index contributed by atoms with van der Waals surface area (Å²) in [5.41, 5.74) is 0. The van der Waals surface area contributed by atoms with Crippen LogP contribution in [0.25, 0.3) is 0 Å². The molecule has 0 heterocycles. The lowest BCUT2D eigenvalue weighted by Crippen LogP contribution is -1.72. The molecule has 0 fully saturated rings. The van der Waals surface area contributed by atoms with Crippen molar-refractivity contribution in [1.29, 1.82) is 0 Å². The Morgan fingerprint density at radius 3 is 2.25 bits per heavy atom. The summed E-state index contributed by atoms with van der Waals surface area (Å²) in [6, 6.07) is 0. The first-order valence-corrected chi connectivity index (χ1v) is 3.23. The third-order valence-electron chi connectivity index (χ3n) is 1.05. The Morgan fingerprint density at radius 1 is 1.25 bits per heavy atom. The van der Waals surface area contributed by atoms with E-state index in [1.807, 2.05) is 0 Å². The third kappa shape index (κ3) is 9.73. The van der Waals surface area contributed by atoms with Crippen molar-refractivity contribution in [2.24, 2.45) is 0 Å². The Bertz CT molecular complexity index is 23.6. The maximum Gasteiger partial charge on any atom is 0.187 e. The van der Waals surface area contributed by atoms with Crippen molar-refractivity contribution in [2.45, 2.75) is 39.5 Å². The number of hydrogen-bond donors (Lipinski definition) is 0. The normalized spacial score (nSPS) is 8.25. The van der Waals surface area contributed by atoms with Gasteiger partial charge in [-0.1, -0.05) is 39.5 Å². The molecule has 0 aliphatic carbocycles. The number of unbranched alkanes of at least 4 members (excludes halogenated alkanes) is 4. The van der Waals surface area contributed by atoms with E-state index in [0.717, 1.165) is 0 Å². The second-order valence-electron chi connectivity index (χ2n) is 1.84. The van der Waals surface area contributed by atoms with Crippen LogP contribution in [0.15, 0.2) is 0 Å². The van der Waals surface area contributed by atoms with Gasteiger partial charge in [-0.3, -0.25) is 0 Å². The van der Waals surface area contributed by atoms with Gasteiger partial charge in [-0.05, 0) is 6.42 Å². The first kappa shape index (κ1) is 11.3. The average Bonchev–Trinajstić information content (AvgIpc) is 1.69. The first-order valence-electron chi connectivity index (χ1n) is 3.23. The lowest BCUT2D eigenvalue weighted by molar-refractivity contribution is 0.761. The highest BCUT2D eigenvalue weighted by molar-refractivity contribution is 5.75. The van der Waals surface area contributed by atoms with Crippen LogP contribution < -0.4 is 0 Å². The Hall–Kier alpha value is 0.532. The number of hydrogen-bond acceptors (Lipinski definition) is 0. The third-order valence-corrected chi connectivity index (χ3v) is 1.05. The first-order chi connectivity index (χ1) is 3.41. The van der Waals surface area contributed by atoms with Crippen molar-refractivity contribution in [3.8, 4) is 0 Å². The van der Waals surface area contributed by atoms with Crippen LogP contribution in [0.1, 0.15) is 39.5 Å². The molecule has 8 heavy (non-hydrogen) atoms. The highest BCUT2D eigenvalue weighted by atomic mass is 27.0. The highest BCUT2D eigenvalue weighted by Gasteiger charge is 1.80. The monoisotopic (exact) mass is 129 g/mol. The van der Waals surface area contributed by atoms with E-state index < -0.39 is 0 Å². The van der Waals surface area contributed by atoms with Gasteiger partial charge in [0.15, 0.2) is 17.4 Å². The molecular weight excluding hydrogens is 111 g/mol. The summed E-state index contributed by atoms with van der Waals surface area (Å²) >= 11 is 0. The van der Waals surface area contributed by atoms with Crippen LogP contribution in [0.5, 0.6) is 0 Å². The fourth-order valence-corrected chi connectivity index (χ4v) is 0.553. The van der Waals surface area contributed by atoms with Crippen molar-refractivity contribution in [1.82, 2.24) is 0 Å². The van der Waals surface area contributed by atoms with Gasteiger partial charge in [0.05, 0.1) is 0 Å². The SMILES string of the molecule is CC[CH]CCCC.[AlH3]. The van der Waals surface area contributed by atoms with Crippen LogP contribution in [-0.2, 0) is 0 Å². The second-order valence-corrected chi connectivity index (χ2v) is 1.84. The summed E-state index contributed by atoms with van der Waals surface area (Å²) in [4.78, 5) is 0. The standard InChI is InChI=1S/C7H15.Al.3H/c1-3-5-7-6-4-2;;;;/h5H,3-4,6-7H2,1-2H3;;;;. The zero-order chi connectivity index (χ0) is 5.54. The van der Waals surface area contributed by atoms with Crippen molar-refractivity contribution in [3.63, 3.8) is 0 Å². The van der Waals surface area contributed by atoms with Gasteiger partial charge in [0, 0.05) is 0 Å². The van der Waals surface area contributed by atoms with E-state index in [4.69, 9.17) is 0 Å². The van der Waals surface area contributed by atoms with Crippen molar-refractivity contribution in [2.75, 3.05) is 0 Å². The van der Waals surface area contributed by atoms with E-state index in [2.05, 4.69) is 20.3 Å². The molecule has 0 amide bonds. The van der Waals surface area contributed by atoms with Crippen molar-refractivity contribution in [3.05, 3.63) is 6.42 Å². The molecule has 0 rings (SSSR count). The van der Waals surface area contributed by atoms with Gasteiger partial charge in [-0.15, -0.1) is 0 Å². The summed E-state index contributed by atoms with van der Waals surface area (Å²) in [5, 5.41) is 0. The maximum absolute atomic E-state index is 2.34. The zero-order valence-electron chi connectivity index (χ0n) is 5.41. The van der Waals surface area contributed by atoms with Gasteiger partial charge in [-0.25, -0.2) is 0 Å². The predicted molar refractivity (Wildman–Crippen MR) is 44.1 cm³/mol. The minimum Gasteiger partial charge on any atom is -0.0654 e. The lowest BCUT2D eigenvalue weighted by atomic mass is 10.2. The Labute approximate surface area is 63.8 Å². The summed E-state index contributed by atoms with van der Waals surface area (Å²) in [6.45, 7) is 4.42. The van der Waals surface area contributed by atoms with Crippen LogP contribution in [0.4, 0.5) is 0 Å². The molecule has 49 valence electrons. The van der Waals surface area contributed by atoms with E-state index in [1.165, 1.54) is 25.7 Å². The lowest BCUT2D eigenvalue weighted by Gasteiger charge is -1.90. The fraction of sp³-hybridized carbons (Fsp3) is 0.857. The van der Waals surface area contributed by atoms with E-state index in [0.29, 0.717) is 0 Å². The van der Waals surface area contributed by atoms with E-state index in [-0.39, 0.29) is 17.4 Å². The summed E-state index contributed by atoms with van der Waals surface area (Å²) in [7, 11) is 0. The molecule has 0 unspecified atom stereocenters. The molecule has 0 atom stereocenters. The van der Waals surface area contributed by atoms with E-state index >= 15 is 0 Å². The Kier molecular flexibility index (Phi) is 14.9. The van der Waals surface area contributed by atoms with Gasteiger partial charge < -0.3 is 0 Å². The molecule has 0 N–H and O–H groups in total. The molecule has 0 spiro atoms. The average molecular weight is 129 g/mol. The van der Waals surface area contributed by atoms with Gasteiger partial charge in [-0.2, -0.15) is 0 Å². The zero-order valence-corrected chi connectivity index (χ0v) is 5.41. The smallest absolute Gasteiger partial charge is 0.0654 e. The molecule has 0 saturated carbocycles. The van der Waals surface area contributed by atoms with Crippen molar-refractivity contribution >= 4 is 17.4 Å². The summed E-state index contributed by atoms with van der Waals surface area (Å²) in [5.74, 6) is 0. The molecule has 0 bridgehead atoms. The van der Waals surface area contributed by atoms with Crippen LogP contribution in [0, 0.1) is 6.42 Å². The minimum absolute atomic E-state index is 0. The van der Waals surface area contributed by atoms with Gasteiger partial charge in [0.2, 0.25) is 0 Å². The summed E-state index contributed by atoms with van der Waals surface area (Å²) in [6.07, 6.45) is 7.58. The molecule has 0 aliphatic heterocycles. The Morgan fingerprint density at radius 2 is 1.88 bits per heavy atom. The maximum atomic E-state index is 2.34. The van der Waals surface area contributed by atoms with Crippen LogP contribution in [-0.4, -0.2) is 17.4 Å². The molecular formula is C7H18Al. The molecule has 0 aromatic carbocycles. The quantitative estimate of drug-likeness (QED) is 0.399. The fourth-order valence-electron chi connectivity index (χ4n) is 0.553. The van der Waals surface area contributed by atoms with Crippen LogP contribution >= 0.6 is 0 Å². The van der Waals surface area contributed by atoms with Crippen LogP contribution in [0.3, 0.4) is 0 Å². The molecule has 1 heteroatoms. The van der Waals surface area contributed by atoms with Gasteiger partial charge in [0.1, 0.15) is 0 Å². The van der Waals surface area contributed by atoms with Crippen LogP contribution in [0.2, 0.25) is 0 Å². The predicted octanol–water partition coefficient (Wildman–Crippen LogP) is 1.61. The van der Waals surface area contributed by atoms with Gasteiger partial charge in [0.25, 0.3) is 0 Å². The molecule has 0 aromatic heterocycles. The highest BCUT2D eigenvalue weighted by Crippen LogP contribution is 1.98. The minimum atomic E-state index is 0. The molecule has 0 saturated heterocycles. The largest absolute Gasteiger partial charge is 0.187 e. The Balaban J connectivity index is 0. The molecule has 1 radical (unpaired) electrons. The van der Waals surface area contributed by atoms with E-state index in [1.54, 1.807) is 0 Å².